The molecule has 2 fully saturated rings. The van der Waals surface area contributed by atoms with E-state index < -0.39 is 5.60 Å². The minimum atomic E-state index is -0.439. The molecule has 3 nitrogen and oxygen atoms in total. The van der Waals surface area contributed by atoms with Gasteiger partial charge in [0.2, 0.25) is 0 Å². The third kappa shape index (κ3) is 4.44. The molecule has 2 rings (SSSR count). The van der Waals surface area contributed by atoms with Gasteiger partial charge >= 0.3 is 0 Å². The SMILES string of the molecule is CCC1CCC(O)(CNC(C)C2CCN(C)CC2)CC1. The van der Waals surface area contributed by atoms with Gasteiger partial charge in [-0.3, -0.25) is 0 Å². The molecule has 1 atom stereocenters. The van der Waals surface area contributed by atoms with E-state index >= 15 is 0 Å². The minimum Gasteiger partial charge on any atom is -0.389 e. The Bertz CT molecular complexity index is 279. The number of nitrogens with one attached hydrogen (secondary N) is 1. The number of aliphatic hydroxyl groups is 1. The van der Waals surface area contributed by atoms with Gasteiger partial charge in [0.25, 0.3) is 0 Å². The van der Waals surface area contributed by atoms with E-state index in [2.05, 4.69) is 31.1 Å². The average Bonchev–Trinajstić information content (AvgIpc) is 2.46. The Morgan fingerprint density at radius 3 is 2.35 bits per heavy atom. The molecule has 1 unspecified atom stereocenters. The number of hydrogen-bond donors (Lipinski definition) is 2. The number of nitrogens with zero attached hydrogens (tertiary/aromatic N) is 1. The summed E-state index contributed by atoms with van der Waals surface area (Å²) in [6.07, 6.45) is 8.24. The smallest absolute Gasteiger partial charge is 0.0771 e. The van der Waals surface area contributed by atoms with E-state index in [1.54, 1.807) is 0 Å². The normalized spacial score (nSPS) is 35.1. The molecule has 1 saturated heterocycles. The van der Waals surface area contributed by atoms with Crippen LogP contribution < -0.4 is 5.32 Å². The maximum absolute atomic E-state index is 10.7. The van der Waals surface area contributed by atoms with Crippen LogP contribution in [0.15, 0.2) is 0 Å². The molecule has 1 aliphatic carbocycles. The standard InChI is InChI=1S/C17H34N2O/c1-4-15-5-9-17(20,10-6-15)13-18-14(2)16-7-11-19(3)12-8-16/h14-16,18,20H,4-13H2,1-3H3. The largest absolute Gasteiger partial charge is 0.389 e. The van der Waals surface area contributed by atoms with Crippen LogP contribution in [0.4, 0.5) is 0 Å². The first-order valence-corrected chi connectivity index (χ1v) is 8.67. The van der Waals surface area contributed by atoms with Gasteiger partial charge in [0.15, 0.2) is 0 Å². The van der Waals surface area contributed by atoms with E-state index in [9.17, 15) is 5.11 Å². The third-order valence-electron chi connectivity index (χ3n) is 5.84. The molecule has 0 amide bonds. The summed E-state index contributed by atoms with van der Waals surface area (Å²) in [6.45, 7) is 7.81. The second-order valence-electron chi connectivity index (χ2n) is 7.39. The lowest BCUT2D eigenvalue weighted by molar-refractivity contribution is -0.0123. The molecule has 2 N–H and O–H groups in total. The van der Waals surface area contributed by atoms with Gasteiger partial charge in [-0.15, -0.1) is 0 Å². The van der Waals surface area contributed by atoms with Crippen molar-refractivity contribution in [3.8, 4) is 0 Å². The highest BCUT2D eigenvalue weighted by Gasteiger charge is 2.33. The van der Waals surface area contributed by atoms with Crippen LogP contribution in [-0.4, -0.2) is 48.3 Å². The maximum Gasteiger partial charge on any atom is 0.0771 e. The first-order valence-electron chi connectivity index (χ1n) is 8.67. The second-order valence-corrected chi connectivity index (χ2v) is 7.39. The molecule has 118 valence electrons. The molecule has 3 heteroatoms. The lowest BCUT2D eigenvalue weighted by Crippen LogP contribution is -2.49. The summed E-state index contributed by atoms with van der Waals surface area (Å²) in [5, 5.41) is 14.3. The van der Waals surface area contributed by atoms with Gasteiger partial charge in [0, 0.05) is 12.6 Å². The Labute approximate surface area is 125 Å². The van der Waals surface area contributed by atoms with Gasteiger partial charge in [-0.25, -0.2) is 0 Å². The molecule has 1 saturated carbocycles. The summed E-state index contributed by atoms with van der Waals surface area (Å²) in [4.78, 5) is 2.42. The van der Waals surface area contributed by atoms with Crippen LogP contribution in [0.25, 0.3) is 0 Å². The average molecular weight is 282 g/mol. The Morgan fingerprint density at radius 2 is 1.80 bits per heavy atom. The molecule has 0 aromatic rings. The molecule has 2 aliphatic rings. The van der Waals surface area contributed by atoms with Crippen molar-refractivity contribution in [2.45, 2.75) is 70.4 Å². The fourth-order valence-corrected chi connectivity index (χ4v) is 3.85. The second kappa shape index (κ2) is 7.24. The van der Waals surface area contributed by atoms with Crippen molar-refractivity contribution >= 4 is 0 Å². The molecule has 0 spiro atoms. The molecule has 1 heterocycles. The van der Waals surface area contributed by atoms with Crippen molar-refractivity contribution in [1.29, 1.82) is 0 Å². The van der Waals surface area contributed by atoms with Gasteiger partial charge < -0.3 is 15.3 Å². The summed E-state index contributed by atoms with van der Waals surface area (Å²) in [7, 11) is 2.21. The van der Waals surface area contributed by atoms with Gasteiger partial charge in [0.1, 0.15) is 0 Å². The van der Waals surface area contributed by atoms with Crippen molar-refractivity contribution in [2.75, 3.05) is 26.7 Å². The third-order valence-corrected chi connectivity index (χ3v) is 5.84. The summed E-state index contributed by atoms with van der Waals surface area (Å²) >= 11 is 0. The highest BCUT2D eigenvalue weighted by molar-refractivity contribution is 4.89. The Morgan fingerprint density at radius 1 is 1.20 bits per heavy atom. The van der Waals surface area contributed by atoms with E-state index in [1.807, 2.05) is 0 Å². The minimum absolute atomic E-state index is 0.439. The lowest BCUT2D eigenvalue weighted by atomic mass is 9.77. The van der Waals surface area contributed by atoms with Crippen molar-refractivity contribution in [2.24, 2.45) is 11.8 Å². The van der Waals surface area contributed by atoms with Gasteiger partial charge in [0.05, 0.1) is 5.60 Å². The molecular weight excluding hydrogens is 248 g/mol. The number of piperidine rings is 1. The van der Waals surface area contributed by atoms with Crippen molar-refractivity contribution < 1.29 is 5.11 Å². The van der Waals surface area contributed by atoms with Crippen molar-refractivity contribution in [3.05, 3.63) is 0 Å². The fourth-order valence-electron chi connectivity index (χ4n) is 3.85. The van der Waals surface area contributed by atoms with E-state index in [0.717, 1.165) is 31.2 Å². The first kappa shape index (κ1) is 16.3. The summed E-state index contributed by atoms with van der Waals surface area (Å²) < 4.78 is 0. The quantitative estimate of drug-likeness (QED) is 0.814. The lowest BCUT2D eigenvalue weighted by Gasteiger charge is -2.38. The van der Waals surface area contributed by atoms with Gasteiger partial charge in [-0.2, -0.15) is 0 Å². The zero-order valence-corrected chi connectivity index (χ0v) is 13.7. The van der Waals surface area contributed by atoms with Crippen LogP contribution in [0, 0.1) is 11.8 Å². The number of hydrogen-bond acceptors (Lipinski definition) is 3. The molecule has 0 bridgehead atoms. The van der Waals surface area contributed by atoms with Crippen LogP contribution in [0.3, 0.4) is 0 Å². The van der Waals surface area contributed by atoms with Crippen LogP contribution in [0.1, 0.15) is 58.8 Å². The van der Waals surface area contributed by atoms with Crippen molar-refractivity contribution in [1.82, 2.24) is 10.2 Å². The molecule has 0 aromatic heterocycles. The zero-order chi connectivity index (χ0) is 14.6. The predicted molar refractivity (Wildman–Crippen MR) is 84.9 cm³/mol. The molecule has 0 radical (unpaired) electrons. The van der Waals surface area contributed by atoms with Crippen LogP contribution in [-0.2, 0) is 0 Å². The Kier molecular flexibility index (Phi) is 5.88. The van der Waals surface area contributed by atoms with E-state index in [1.165, 1.54) is 45.2 Å². The van der Waals surface area contributed by atoms with Crippen LogP contribution in [0.5, 0.6) is 0 Å². The molecule has 0 aromatic carbocycles. The van der Waals surface area contributed by atoms with E-state index in [-0.39, 0.29) is 0 Å². The number of likely N-dealkylation sites (tertiary alicyclic amines) is 1. The molecule has 20 heavy (non-hydrogen) atoms. The molecular formula is C17H34N2O. The Balaban J connectivity index is 1.71. The van der Waals surface area contributed by atoms with Gasteiger partial charge in [-0.05, 0) is 77.4 Å². The fraction of sp³-hybridized carbons (Fsp3) is 1.00. The molecule has 1 aliphatic heterocycles. The first-order chi connectivity index (χ1) is 9.52. The summed E-state index contributed by atoms with van der Waals surface area (Å²) in [5.74, 6) is 1.63. The van der Waals surface area contributed by atoms with E-state index in [4.69, 9.17) is 0 Å². The summed E-state index contributed by atoms with van der Waals surface area (Å²) in [6, 6.07) is 0.539. The topological polar surface area (TPSA) is 35.5 Å². The highest BCUT2D eigenvalue weighted by atomic mass is 16.3. The van der Waals surface area contributed by atoms with Crippen molar-refractivity contribution in [3.63, 3.8) is 0 Å². The maximum atomic E-state index is 10.7. The van der Waals surface area contributed by atoms with E-state index in [0.29, 0.717) is 6.04 Å². The van der Waals surface area contributed by atoms with Gasteiger partial charge in [-0.1, -0.05) is 13.3 Å². The Hall–Kier alpha value is -0.120. The zero-order valence-electron chi connectivity index (χ0n) is 13.7. The summed E-state index contributed by atoms with van der Waals surface area (Å²) in [5.41, 5.74) is -0.439. The monoisotopic (exact) mass is 282 g/mol. The predicted octanol–water partition coefficient (Wildman–Crippen LogP) is 2.64. The van der Waals surface area contributed by atoms with Crippen LogP contribution in [0.2, 0.25) is 0 Å². The highest BCUT2D eigenvalue weighted by Crippen LogP contribution is 2.33. The number of rotatable bonds is 5. The van der Waals surface area contributed by atoms with Crippen LogP contribution >= 0.6 is 0 Å².